The van der Waals surface area contributed by atoms with E-state index in [-0.39, 0.29) is 24.1 Å². The highest BCUT2D eigenvalue weighted by Crippen LogP contribution is 2.17. The van der Waals surface area contributed by atoms with Crippen LogP contribution in [0.5, 0.6) is 0 Å². The molecule has 0 heterocycles. The molecule has 27 heavy (non-hydrogen) atoms. The Morgan fingerprint density at radius 2 is 1.44 bits per heavy atom. The van der Waals surface area contributed by atoms with E-state index >= 15 is 0 Å². The molecule has 0 aromatic heterocycles. The Morgan fingerprint density at radius 3 is 1.89 bits per heavy atom. The van der Waals surface area contributed by atoms with E-state index in [1.54, 1.807) is 0 Å². The van der Waals surface area contributed by atoms with E-state index < -0.39 is 0 Å². The summed E-state index contributed by atoms with van der Waals surface area (Å²) in [5.74, 6) is -0.495. The van der Waals surface area contributed by atoms with Gasteiger partial charge in [-0.3, -0.25) is 14.5 Å². The standard InChI is InChI=1S/C23H29NO3/c1-3-10-21(15-23(26)27-2)22(25)18-24(16-19-11-6-4-7-12-19)17-20-13-8-5-9-14-20/h4-9,11-14,21H,3,10,15-18H2,1-2H3/t21-/m1/s1. The fourth-order valence-corrected chi connectivity index (χ4v) is 3.21. The monoisotopic (exact) mass is 367 g/mol. The highest BCUT2D eigenvalue weighted by Gasteiger charge is 2.23. The van der Waals surface area contributed by atoms with E-state index in [4.69, 9.17) is 4.74 Å². The zero-order valence-electron chi connectivity index (χ0n) is 16.3. The molecule has 2 rings (SSSR count). The quantitative estimate of drug-likeness (QED) is 0.558. The van der Waals surface area contributed by atoms with Crippen molar-refractivity contribution in [2.75, 3.05) is 13.7 Å². The molecular formula is C23H29NO3. The van der Waals surface area contributed by atoms with Crippen molar-refractivity contribution in [2.45, 2.75) is 39.3 Å². The fourth-order valence-electron chi connectivity index (χ4n) is 3.21. The Balaban J connectivity index is 2.10. The van der Waals surface area contributed by atoms with Crippen LogP contribution in [0.15, 0.2) is 60.7 Å². The number of Topliss-reactive ketones (excluding diaryl/α,β-unsaturated/α-hetero) is 1. The van der Waals surface area contributed by atoms with Crippen molar-refractivity contribution in [2.24, 2.45) is 5.92 Å². The summed E-state index contributed by atoms with van der Waals surface area (Å²) in [5.41, 5.74) is 2.34. The minimum absolute atomic E-state index is 0.106. The Morgan fingerprint density at radius 1 is 0.926 bits per heavy atom. The summed E-state index contributed by atoms with van der Waals surface area (Å²) in [4.78, 5) is 26.8. The van der Waals surface area contributed by atoms with Gasteiger partial charge >= 0.3 is 5.97 Å². The smallest absolute Gasteiger partial charge is 0.306 e. The first-order valence-electron chi connectivity index (χ1n) is 9.52. The lowest BCUT2D eigenvalue weighted by Gasteiger charge is -2.24. The second-order valence-electron chi connectivity index (χ2n) is 6.85. The third-order valence-electron chi connectivity index (χ3n) is 4.61. The molecule has 0 saturated heterocycles. The van der Waals surface area contributed by atoms with Gasteiger partial charge in [-0.05, 0) is 17.5 Å². The second kappa shape index (κ2) is 11.3. The number of ether oxygens (including phenoxy) is 1. The molecule has 144 valence electrons. The molecule has 2 aromatic carbocycles. The highest BCUT2D eigenvalue weighted by molar-refractivity contribution is 5.86. The van der Waals surface area contributed by atoms with Crippen molar-refractivity contribution in [1.82, 2.24) is 4.90 Å². The van der Waals surface area contributed by atoms with Crippen molar-refractivity contribution >= 4 is 11.8 Å². The average molecular weight is 367 g/mol. The average Bonchev–Trinajstić information content (AvgIpc) is 2.69. The number of hydrogen-bond donors (Lipinski definition) is 0. The Kier molecular flexibility index (Phi) is 8.72. The lowest BCUT2D eigenvalue weighted by atomic mass is 9.94. The number of methoxy groups -OCH3 is 1. The zero-order chi connectivity index (χ0) is 19.5. The van der Waals surface area contributed by atoms with Crippen LogP contribution in [0.3, 0.4) is 0 Å². The summed E-state index contributed by atoms with van der Waals surface area (Å²) in [5, 5.41) is 0. The number of benzene rings is 2. The molecule has 4 heteroatoms. The summed E-state index contributed by atoms with van der Waals surface area (Å²) in [6.45, 7) is 3.74. The number of nitrogens with zero attached hydrogens (tertiary/aromatic N) is 1. The molecule has 2 aromatic rings. The predicted molar refractivity (Wildman–Crippen MR) is 107 cm³/mol. The van der Waals surface area contributed by atoms with Gasteiger partial charge in [0.25, 0.3) is 0 Å². The van der Waals surface area contributed by atoms with Crippen LogP contribution in [0.25, 0.3) is 0 Å². The van der Waals surface area contributed by atoms with Crippen LogP contribution < -0.4 is 0 Å². The van der Waals surface area contributed by atoms with E-state index in [9.17, 15) is 9.59 Å². The van der Waals surface area contributed by atoms with Gasteiger partial charge in [0.1, 0.15) is 0 Å². The van der Waals surface area contributed by atoms with Crippen LogP contribution in [0.4, 0.5) is 0 Å². The Hall–Kier alpha value is -2.46. The van der Waals surface area contributed by atoms with Gasteiger partial charge in [-0.2, -0.15) is 0 Å². The number of esters is 1. The molecule has 0 bridgehead atoms. The highest BCUT2D eigenvalue weighted by atomic mass is 16.5. The molecule has 0 N–H and O–H groups in total. The second-order valence-corrected chi connectivity index (χ2v) is 6.85. The summed E-state index contributed by atoms with van der Waals surface area (Å²) >= 11 is 0. The lowest BCUT2D eigenvalue weighted by molar-refractivity contribution is -0.144. The maximum atomic E-state index is 12.9. The van der Waals surface area contributed by atoms with Crippen LogP contribution in [-0.2, 0) is 27.4 Å². The minimum atomic E-state index is -0.320. The topological polar surface area (TPSA) is 46.6 Å². The molecule has 1 atom stereocenters. The van der Waals surface area contributed by atoms with Crippen molar-refractivity contribution < 1.29 is 14.3 Å². The maximum absolute atomic E-state index is 12.9. The molecular weight excluding hydrogens is 338 g/mol. The fraction of sp³-hybridized carbons (Fsp3) is 0.391. The van der Waals surface area contributed by atoms with Gasteiger partial charge in [0.15, 0.2) is 5.78 Å². The third kappa shape index (κ3) is 7.35. The summed E-state index contributed by atoms with van der Waals surface area (Å²) in [6, 6.07) is 20.3. The Labute approximate surface area is 162 Å². The van der Waals surface area contributed by atoms with Crippen molar-refractivity contribution in [1.29, 1.82) is 0 Å². The number of carbonyl (C=O) groups excluding carboxylic acids is 2. The van der Waals surface area contributed by atoms with Crippen LogP contribution in [0.2, 0.25) is 0 Å². The number of hydrogen-bond acceptors (Lipinski definition) is 4. The molecule has 0 spiro atoms. The van der Waals surface area contributed by atoms with E-state index in [0.717, 1.165) is 6.42 Å². The van der Waals surface area contributed by atoms with Gasteiger partial charge in [-0.15, -0.1) is 0 Å². The van der Waals surface area contributed by atoms with Crippen molar-refractivity contribution in [3.05, 3.63) is 71.8 Å². The predicted octanol–water partition coefficient (Wildman–Crippen LogP) is 4.24. The molecule has 0 saturated carbocycles. The summed E-state index contributed by atoms with van der Waals surface area (Å²) in [7, 11) is 1.37. The van der Waals surface area contributed by atoms with Gasteiger partial charge < -0.3 is 4.74 Å². The van der Waals surface area contributed by atoms with E-state index in [2.05, 4.69) is 29.2 Å². The zero-order valence-corrected chi connectivity index (χ0v) is 16.3. The lowest BCUT2D eigenvalue weighted by Crippen LogP contribution is -2.33. The SMILES string of the molecule is CCC[C@H](CC(=O)OC)C(=O)CN(Cc1ccccc1)Cc1ccccc1. The van der Waals surface area contributed by atoms with Crippen molar-refractivity contribution in [3.8, 4) is 0 Å². The molecule has 0 radical (unpaired) electrons. The van der Waals surface area contributed by atoms with Gasteiger partial charge in [-0.1, -0.05) is 74.0 Å². The Bertz CT molecular complexity index is 659. The maximum Gasteiger partial charge on any atom is 0.306 e. The molecule has 0 aliphatic rings. The van der Waals surface area contributed by atoms with Gasteiger partial charge in [0, 0.05) is 19.0 Å². The molecule has 0 fully saturated rings. The molecule has 0 amide bonds. The van der Waals surface area contributed by atoms with E-state index in [1.807, 2.05) is 43.3 Å². The first kappa shape index (κ1) is 20.8. The van der Waals surface area contributed by atoms with Crippen LogP contribution >= 0.6 is 0 Å². The summed E-state index contributed by atoms with van der Waals surface area (Å²) in [6.07, 6.45) is 1.73. The van der Waals surface area contributed by atoms with E-state index in [1.165, 1.54) is 18.2 Å². The number of rotatable bonds is 11. The van der Waals surface area contributed by atoms with Crippen molar-refractivity contribution in [3.63, 3.8) is 0 Å². The number of ketones is 1. The minimum Gasteiger partial charge on any atom is -0.469 e. The van der Waals surface area contributed by atoms with Crippen LogP contribution in [0, 0.1) is 5.92 Å². The van der Waals surface area contributed by atoms with Gasteiger partial charge in [0.2, 0.25) is 0 Å². The van der Waals surface area contributed by atoms with Crippen LogP contribution in [-0.4, -0.2) is 30.3 Å². The van der Waals surface area contributed by atoms with E-state index in [0.29, 0.717) is 26.1 Å². The third-order valence-corrected chi connectivity index (χ3v) is 4.61. The first-order valence-corrected chi connectivity index (χ1v) is 9.52. The molecule has 0 unspecified atom stereocenters. The van der Waals surface area contributed by atoms with Gasteiger partial charge in [-0.25, -0.2) is 0 Å². The largest absolute Gasteiger partial charge is 0.469 e. The first-order chi connectivity index (χ1) is 13.1. The summed E-state index contributed by atoms with van der Waals surface area (Å²) < 4.78 is 4.77. The van der Waals surface area contributed by atoms with Crippen LogP contribution in [0.1, 0.15) is 37.3 Å². The molecule has 0 aliphatic heterocycles. The number of carbonyl (C=O) groups is 2. The molecule has 0 aliphatic carbocycles. The normalized spacial score (nSPS) is 12.0. The van der Waals surface area contributed by atoms with Gasteiger partial charge in [0.05, 0.1) is 20.1 Å². The molecule has 4 nitrogen and oxygen atoms in total.